The third-order valence-corrected chi connectivity index (χ3v) is 4.65. The summed E-state index contributed by atoms with van der Waals surface area (Å²) in [7, 11) is 1.97. The number of hydrogen-bond acceptors (Lipinski definition) is 6. The van der Waals surface area contributed by atoms with Crippen molar-refractivity contribution in [2.75, 3.05) is 20.1 Å². The van der Waals surface area contributed by atoms with Gasteiger partial charge < -0.3 is 19.6 Å². The summed E-state index contributed by atoms with van der Waals surface area (Å²) < 4.78 is 0. The molecule has 1 N–H and O–H groups in total. The maximum Gasteiger partial charge on any atom is 0.238 e. The van der Waals surface area contributed by atoms with Crippen LogP contribution in [0.1, 0.15) is 25.3 Å². The van der Waals surface area contributed by atoms with Crippen LogP contribution in [0.5, 0.6) is 5.88 Å². The summed E-state index contributed by atoms with van der Waals surface area (Å²) in [5.74, 6) is 1.58. The van der Waals surface area contributed by atoms with E-state index >= 15 is 0 Å². The highest BCUT2D eigenvalue weighted by Gasteiger charge is 2.34. The van der Waals surface area contributed by atoms with Gasteiger partial charge in [0.25, 0.3) is 0 Å². The zero-order valence-corrected chi connectivity index (χ0v) is 13.8. The minimum absolute atomic E-state index is 0.0752. The fraction of sp³-hybridized carbons (Fsp3) is 0.500. The molecule has 0 unspecified atom stereocenters. The molecule has 0 saturated carbocycles. The Bertz CT molecular complexity index is 716. The summed E-state index contributed by atoms with van der Waals surface area (Å²) in [6, 6.07) is 3.93. The lowest BCUT2D eigenvalue weighted by atomic mass is 9.91. The quantitative estimate of drug-likeness (QED) is 0.881. The van der Waals surface area contributed by atoms with E-state index in [4.69, 9.17) is 10.1 Å². The number of hydrogen-bond donors (Lipinski definition) is 1. The van der Waals surface area contributed by atoms with E-state index in [-0.39, 0.29) is 18.4 Å². The number of likely N-dealkylation sites (N-methyl/N-ethyl adjacent to an activating group) is 1. The van der Waals surface area contributed by atoms with E-state index in [1.54, 1.807) is 11.1 Å². The van der Waals surface area contributed by atoms with Crippen molar-refractivity contribution in [3.05, 3.63) is 17.8 Å². The van der Waals surface area contributed by atoms with Crippen LogP contribution in [0.15, 0.2) is 22.4 Å². The average molecular weight is 328 g/mol. The van der Waals surface area contributed by atoms with Crippen LogP contribution < -0.4 is 4.84 Å². The predicted molar refractivity (Wildman–Crippen MR) is 88.6 cm³/mol. The molecule has 24 heavy (non-hydrogen) atoms. The van der Waals surface area contributed by atoms with Crippen molar-refractivity contribution in [1.82, 2.24) is 14.8 Å². The molecule has 3 rings (SSSR count). The standard InChI is InChI=1S/C16H20N6O2/c1-11-5-8-22(14(23)3-6-17)9-13(11)21(2)15-12-4-7-18-16(12)24-20-10-19-15/h4,7,10-11,13,18H,3,5,8-9H2,1-2H3/t11-,13+/m0/s1. The monoisotopic (exact) mass is 328 g/mol. The maximum atomic E-state index is 12.1. The molecule has 1 fully saturated rings. The van der Waals surface area contributed by atoms with Gasteiger partial charge in [0.1, 0.15) is 12.3 Å². The van der Waals surface area contributed by atoms with Gasteiger partial charge in [0, 0.05) is 26.3 Å². The zero-order valence-electron chi connectivity index (χ0n) is 13.8. The van der Waals surface area contributed by atoms with E-state index in [9.17, 15) is 4.79 Å². The second kappa shape index (κ2) is 6.74. The van der Waals surface area contributed by atoms with Crippen LogP contribution in [0, 0.1) is 17.2 Å². The molecule has 8 heteroatoms. The third kappa shape index (κ3) is 2.97. The summed E-state index contributed by atoms with van der Waals surface area (Å²) in [6.45, 7) is 3.45. The Morgan fingerprint density at radius 3 is 3.25 bits per heavy atom. The number of amidine groups is 1. The number of nitrogens with zero attached hydrogens (tertiary/aromatic N) is 5. The van der Waals surface area contributed by atoms with Crippen LogP contribution in [-0.2, 0) is 4.79 Å². The normalized spacial score (nSPS) is 22.7. The van der Waals surface area contributed by atoms with Crippen LogP contribution in [-0.4, -0.2) is 59.0 Å². The van der Waals surface area contributed by atoms with Gasteiger partial charge >= 0.3 is 0 Å². The molecular formula is C16H20N6O2. The molecule has 1 aromatic rings. The van der Waals surface area contributed by atoms with Crippen LogP contribution in [0.2, 0.25) is 0 Å². The Morgan fingerprint density at radius 1 is 1.62 bits per heavy atom. The van der Waals surface area contributed by atoms with Crippen LogP contribution in [0.25, 0.3) is 0 Å². The van der Waals surface area contributed by atoms with Crippen molar-refractivity contribution in [3.8, 4) is 11.9 Å². The first-order valence-corrected chi connectivity index (χ1v) is 7.93. The summed E-state index contributed by atoms with van der Waals surface area (Å²) in [6.07, 6.45) is 3.98. The van der Waals surface area contributed by atoms with Gasteiger partial charge in [-0.15, -0.1) is 0 Å². The van der Waals surface area contributed by atoms with Gasteiger partial charge in [0.05, 0.1) is 17.7 Å². The summed E-state index contributed by atoms with van der Waals surface area (Å²) >= 11 is 0. The highest BCUT2D eigenvalue weighted by Crippen LogP contribution is 2.26. The number of fused-ring (bicyclic) bond motifs is 1. The molecule has 0 aliphatic carbocycles. The number of H-pyrrole nitrogens is 1. The molecule has 2 aliphatic heterocycles. The van der Waals surface area contributed by atoms with Crippen molar-refractivity contribution in [1.29, 1.82) is 5.26 Å². The summed E-state index contributed by atoms with van der Waals surface area (Å²) in [5.41, 5.74) is 0.836. The minimum atomic E-state index is -0.113. The van der Waals surface area contributed by atoms with Crippen molar-refractivity contribution in [2.24, 2.45) is 16.1 Å². The third-order valence-electron chi connectivity index (χ3n) is 4.65. The van der Waals surface area contributed by atoms with Crippen molar-refractivity contribution in [2.45, 2.75) is 25.8 Å². The number of piperidine rings is 1. The van der Waals surface area contributed by atoms with E-state index in [0.717, 1.165) is 17.8 Å². The molecule has 3 heterocycles. The van der Waals surface area contributed by atoms with Crippen molar-refractivity contribution in [3.63, 3.8) is 0 Å². The Balaban J connectivity index is 1.82. The van der Waals surface area contributed by atoms with E-state index < -0.39 is 0 Å². The fourth-order valence-electron chi connectivity index (χ4n) is 3.23. The van der Waals surface area contributed by atoms with E-state index in [2.05, 4.69) is 27.0 Å². The molecule has 2 atom stereocenters. The zero-order chi connectivity index (χ0) is 17.1. The smallest absolute Gasteiger partial charge is 0.238 e. The fourth-order valence-corrected chi connectivity index (χ4v) is 3.23. The number of likely N-dealkylation sites (tertiary alicyclic amines) is 1. The lowest BCUT2D eigenvalue weighted by molar-refractivity contribution is -0.132. The Morgan fingerprint density at radius 2 is 2.46 bits per heavy atom. The molecule has 8 nitrogen and oxygen atoms in total. The number of carbonyl (C=O) groups is 1. The van der Waals surface area contributed by atoms with Gasteiger partial charge in [0.15, 0.2) is 6.34 Å². The minimum Gasteiger partial charge on any atom is -0.354 e. The van der Waals surface area contributed by atoms with Crippen LogP contribution in [0.3, 0.4) is 0 Å². The summed E-state index contributed by atoms with van der Waals surface area (Å²) in [4.78, 5) is 28.6. The molecule has 0 spiro atoms. The van der Waals surface area contributed by atoms with E-state index in [1.165, 1.54) is 6.34 Å². The number of aromatic amines is 1. The van der Waals surface area contributed by atoms with Crippen molar-refractivity contribution < 1.29 is 9.63 Å². The largest absolute Gasteiger partial charge is 0.354 e. The maximum absolute atomic E-state index is 12.1. The van der Waals surface area contributed by atoms with Crippen LogP contribution >= 0.6 is 0 Å². The number of nitrogens with one attached hydrogen (secondary N) is 1. The van der Waals surface area contributed by atoms with Gasteiger partial charge in [-0.05, 0) is 18.4 Å². The molecule has 1 aromatic heterocycles. The van der Waals surface area contributed by atoms with Gasteiger partial charge in [-0.2, -0.15) is 5.26 Å². The first-order valence-electron chi connectivity index (χ1n) is 7.93. The van der Waals surface area contributed by atoms with E-state index in [1.807, 2.05) is 19.2 Å². The molecule has 1 amide bonds. The molecule has 126 valence electrons. The molecule has 0 bridgehead atoms. The van der Waals surface area contributed by atoms with Gasteiger partial charge in [-0.1, -0.05) is 12.1 Å². The topological polar surface area (TPSA) is 97.1 Å². The molecule has 0 radical (unpaired) electrons. The molecule has 2 aliphatic rings. The second-order valence-corrected chi connectivity index (χ2v) is 6.10. The Kier molecular flexibility index (Phi) is 4.51. The average Bonchev–Trinajstić information content (AvgIpc) is 2.94. The van der Waals surface area contributed by atoms with E-state index in [0.29, 0.717) is 24.9 Å². The van der Waals surface area contributed by atoms with Gasteiger partial charge in [-0.3, -0.25) is 4.79 Å². The van der Waals surface area contributed by atoms with Gasteiger partial charge in [0.2, 0.25) is 11.8 Å². The molecule has 0 aromatic carbocycles. The number of aliphatic imine (C=N–C) groups is 1. The van der Waals surface area contributed by atoms with Crippen LogP contribution in [0.4, 0.5) is 0 Å². The molecular weight excluding hydrogens is 308 g/mol. The predicted octanol–water partition coefficient (Wildman–Crippen LogP) is 1.18. The number of amides is 1. The number of carbonyl (C=O) groups excluding carboxylic acids is 1. The molecule has 1 saturated heterocycles. The summed E-state index contributed by atoms with van der Waals surface area (Å²) in [5, 5.41) is 12.5. The van der Waals surface area contributed by atoms with Crippen molar-refractivity contribution >= 4 is 18.1 Å². The number of nitriles is 1. The SMILES string of the molecule is C[C@H]1CCN(C(=O)CC#N)C[C@H]1N(C)C1=NC=NOc2[nH]ccc21. The lowest BCUT2D eigenvalue weighted by Crippen LogP contribution is -2.54. The first-order chi connectivity index (χ1) is 11.6. The first kappa shape index (κ1) is 16.1. The number of aromatic nitrogens is 1. The number of rotatable bonds is 2. The highest BCUT2D eigenvalue weighted by molar-refractivity contribution is 6.04. The second-order valence-electron chi connectivity index (χ2n) is 6.10. The number of oxime groups is 1. The Labute approximate surface area is 140 Å². The van der Waals surface area contributed by atoms with Gasteiger partial charge in [-0.25, -0.2) is 4.99 Å². The lowest BCUT2D eigenvalue weighted by Gasteiger charge is -2.42. The highest BCUT2D eigenvalue weighted by atomic mass is 16.6. The Hall–Kier alpha value is -2.82.